The van der Waals surface area contributed by atoms with Crippen LogP contribution in [0.4, 0.5) is 0 Å². The molecule has 0 bridgehead atoms. The molecule has 5 nitrogen and oxygen atoms in total. The smallest absolute Gasteiger partial charge is 0.423 e. The fourth-order valence-electron chi connectivity index (χ4n) is 1.70. The third kappa shape index (κ3) is 1.78. The minimum atomic E-state index is -2.91. The lowest BCUT2D eigenvalue weighted by Gasteiger charge is -2.27. The van der Waals surface area contributed by atoms with Gasteiger partial charge in [0.15, 0.2) is 0 Å². The minimum absolute atomic E-state index is 0.205. The van der Waals surface area contributed by atoms with Gasteiger partial charge >= 0.3 is 7.12 Å². The highest BCUT2D eigenvalue weighted by molar-refractivity contribution is 8.22. The zero-order valence-corrected chi connectivity index (χ0v) is 8.90. The van der Waals surface area contributed by atoms with Gasteiger partial charge in [0.1, 0.15) is 0 Å². The van der Waals surface area contributed by atoms with Gasteiger partial charge in [-0.25, -0.2) is 4.72 Å². The minimum Gasteiger partial charge on any atom is -0.423 e. The van der Waals surface area contributed by atoms with Gasteiger partial charge in [-0.3, -0.25) is 9.11 Å². The molecule has 5 N–H and O–H groups in total. The summed E-state index contributed by atoms with van der Waals surface area (Å²) in [4.78, 5) is 0.430. The summed E-state index contributed by atoms with van der Waals surface area (Å²) in [5, 5.41) is 18.0. The van der Waals surface area contributed by atoms with Crippen molar-refractivity contribution in [2.24, 2.45) is 0 Å². The van der Waals surface area contributed by atoms with Crippen molar-refractivity contribution in [3.05, 3.63) is 23.8 Å². The second-order valence-electron chi connectivity index (χ2n) is 3.56. The maximum Gasteiger partial charge on any atom is 0.488 e. The van der Waals surface area contributed by atoms with E-state index in [9.17, 15) is 9.11 Å². The summed E-state index contributed by atoms with van der Waals surface area (Å²) in [6.45, 7) is 1.79. The summed E-state index contributed by atoms with van der Waals surface area (Å²) < 4.78 is 22.0. The Labute approximate surface area is 89.4 Å². The lowest BCUT2D eigenvalue weighted by molar-refractivity contribution is 0.425. The lowest BCUT2D eigenvalue weighted by atomic mass is 9.79. The van der Waals surface area contributed by atoms with Crippen LogP contribution in [0.5, 0.6) is 0 Å². The first kappa shape index (κ1) is 10.9. The SMILES string of the molecule is CC1NS(O)(O)c2ccc(B(O)O)cc21. The van der Waals surface area contributed by atoms with E-state index in [0.29, 0.717) is 15.9 Å². The van der Waals surface area contributed by atoms with Crippen LogP contribution >= 0.6 is 10.8 Å². The van der Waals surface area contributed by atoms with Crippen molar-refractivity contribution in [3.63, 3.8) is 0 Å². The maximum absolute atomic E-state index is 9.65. The first-order chi connectivity index (χ1) is 6.92. The van der Waals surface area contributed by atoms with E-state index in [2.05, 4.69) is 4.72 Å². The summed E-state index contributed by atoms with van der Waals surface area (Å²) >= 11 is 0. The predicted molar refractivity (Wildman–Crippen MR) is 58.9 cm³/mol. The molecule has 0 saturated carbocycles. The average molecular weight is 229 g/mol. The zero-order valence-electron chi connectivity index (χ0n) is 8.08. The Hall–Kier alpha value is -0.565. The van der Waals surface area contributed by atoms with Gasteiger partial charge < -0.3 is 10.0 Å². The van der Waals surface area contributed by atoms with Gasteiger partial charge in [0.2, 0.25) is 0 Å². The third-order valence-electron chi connectivity index (χ3n) is 2.45. The number of rotatable bonds is 1. The highest BCUT2D eigenvalue weighted by Gasteiger charge is 2.32. The summed E-state index contributed by atoms with van der Waals surface area (Å²) in [5.41, 5.74) is 1.04. The molecule has 0 aliphatic carbocycles. The molecular formula is C8H12BNO4S. The van der Waals surface area contributed by atoms with Crippen molar-refractivity contribution in [3.8, 4) is 0 Å². The molecule has 1 unspecified atom stereocenters. The predicted octanol–water partition coefficient (Wildman–Crippen LogP) is 0.0551. The van der Waals surface area contributed by atoms with Crippen LogP contribution in [0.3, 0.4) is 0 Å². The molecular weight excluding hydrogens is 217 g/mol. The van der Waals surface area contributed by atoms with Crippen LogP contribution in [0.1, 0.15) is 18.5 Å². The van der Waals surface area contributed by atoms with Crippen molar-refractivity contribution in [2.75, 3.05) is 0 Å². The van der Waals surface area contributed by atoms with Crippen molar-refractivity contribution in [2.45, 2.75) is 17.9 Å². The van der Waals surface area contributed by atoms with Crippen molar-refractivity contribution < 1.29 is 19.2 Å². The Bertz CT molecular complexity index is 398. The van der Waals surface area contributed by atoms with Crippen LogP contribution in [0.15, 0.2) is 23.1 Å². The summed E-state index contributed by atoms with van der Waals surface area (Å²) in [6.07, 6.45) is 0. The number of fused-ring (bicyclic) bond motifs is 1. The van der Waals surface area contributed by atoms with E-state index in [0.717, 1.165) is 0 Å². The Kier molecular flexibility index (Phi) is 2.54. The Balaban J connectivity index is 2.51. The standard InChI is InChI=1S/C8H12BNO4S/c1-5-7-4-6(9(11)12)2-3-8(7)15(13,14)10-5/h2-5,10-14H,1H3. The highest BCUT2D eigenvalue weighted by atomic mass is 32.3. The molecule has 15 heavy (non-hydrogen) atoms. The number of hydrogen-bond donors (Lipinski definition) is 5. The van der Waals surface area contributed by atoms with Gasteiger partial charge in [-0.05, 0) is 24.0 Å². The first-order valence-corrected chi connectivity index (χ1v) is 6.02. The van der Waals surface area contributed by atoms with Gasteiger partial charge in [0.05, 0.1) is 10.9 Å². The topological polar surface area (TPSA) is 93.0 Å². The van der Waals surface area contributed by atoms with Gasteiger partial charge in [-0.1, -0.05) is 12.1 Å². The molecule has 0 saturated heterocycles. The van der Waals surface area contributed by atoms with Gasteiger partial charge in [0.25, 0.3) is 0 Å². The molecule has 1 aromatic carbocycles. The Morgan fingerprint density at radius 3 is 2.60 bits per heavy atom. The molecule has 1 aliphatic heterocycles. The Morgan fingerprint density at radius 2 is 2.00 bits per heavy atom. The summed E-state index contributed by atoms with van der Waals surface area (Å²) in [5.74, 6) is 0. The van der Waals surface area contributed by atoms with Crippen molar-refractivity contribution >= 4 is 23.4 Å². The lowest BCUT2D eigenvalue weighted by Crippen LogP contribution is -2.30. The van der Waals surface area contributed by atoms with E-state index in [1.807, 2.05) is 0 Å². The molecule has 0 spiro atoms. The molecule has 82 valence electrons. The van der Waals surface area contributed by atoms with Crippen LogP contribution in [0, 0.1) is 0 Å². The quantitative estimate of drug-likeness (QED) is 0.439. The van der Waals surface area contributed by atoms with Crippen LogP contribution in [-0.4, -0.2) is 26.3 Å². The molecule has 2 rings (SSSR count). The number of benzene rings is 1. The van der Waals surface area contributed by atoms with Crippen LogP contribution < -0.4 is 10.2 Å². The zero-order chi connectivity index (χ0) is 11.2. The van der Waals surface area contributed by atoms with Crippen LogP contribution in [-0.2, 0) is 0 Å². The largest absolute Gasteiger partial charge is 0.488 e. The third-order valence-corrected chi connectivity index (χ3v) is 4.11. The first-order valence-electron chi connectivity index (χ1n) is 4.47. The fourth-order valence-corrected chi connectivity index (χ4v) is 3.27. The van der Waals surface area contributed by atoms with Crippen molar-refractivity contribution in [1.29, 1.82) is 0 Å². The summed E-state index contributed by atoms with van der Waals surface area (Å²) in [6, 6.07) is 4.34. The molecule has 7 heteroatoms. The van der Waals surface area contributed by atoms with E-state index < -0.39 is 17.9 Å². The highest BCUT2D eigenvalue weighted by Crippen LogP contribution is 2.54. The second-order valence-corrected chi connectivity index (χ2v) is 5.33. The summed E-state index contributed by atoms with van der Waals surface area (Å²) in [7, 11) is -4.45. The number of hydrogen-bond acceptors (Lipinski definition) is 5. The second kappa shape index (κ2) is 3.48. The van der Waals surface area contributed by atoms with Crippen molar-refractivity contribution in [1.82, 2.24) is 4.72 Å². The maximum atomic E-state index is 9.65. The Morgan fingerprint density at radius 1 is 1.33 bits per heavy atom. The van der Waals surface area contributed by atoms with Crippen LogP contribution in [0.25, 0.3) is 0 Å². The molecule has 1 aliphatic rings. The molecule has 0 aromatic heterocycles. The number of nitrogens with one attached hydrogen (secondary N) is 1. The molecule has 1 heterocycles. The van der Waals surface area contributed by atoms with E-state index >= 15 is 0 Å². The van der Waals surface area contributed by atoms with E-state index in [1.165, 1.54) is 12.1 Å². The molecule has 0 radical (unpaired) electrons. The molecule has 1 aromatic rings. The van der Waals surface area contributed by atoms with Gasteiger partial charge in [-0.15, -0.1) is 10.8 Å². The molecule has 1 atom stereocenters. The van der Waals surface area contributed by atoms with Crippen LogP contribution in [0.2, 0.25) is 0 Å². The molecule has 0 fully saturated rings. The monoisotopic (exact) mass is 229 g/mol. The molecule has 0 amide bonds. The van der Waals surface area contributed by atoms with E-state index in [1.54, 1.807) is 13.0 Å². The average Bonchev–Trinajstić information content (AvgIpc) is 2.37. The van der Waals surface area contributed by atoms with E-state index in [4.69, 9.17) is 10.0 Å². The van der Waals surface area contributed by atoms with E-state index in [-0.39, 0.29) is 6.04 Å². The van der Waals surface area contributed by atoms with Gasteiger partial charge in [-0.2, -0.15) is 0 Å². The van der Waals surface area contributed by atoms with Gasteiger partial charge in [0, 0.05) is 0 Å². The fraction of sp³-hybridized carbons (Fsp3) is 0.250. The normalized spacial score (nSPS) is 24.7.